The van der Waals surface area contributed by atoms with E-state index in [0.29, 0.717) is 24.9 Å². The van der Waals surface area contributed by atoms with Crippen molar-refractivity contribution in [1.82, 2.24) is 24.8 Å². The number of halogens is 4. The number of carbonyl (C=O) groups is 1. The zero-order valence-electron chi connectivity index (χ0n) is 18.7. The predicted molar refractivity (Wildman–Crippen MR) is 116 cm³/mol. The van der Waals surface area contributed by atoms with E-state index in [1.807, 2.05) is 0 Å². The molecule has 0 spiro atoms. The lowest BCUT2D eigenvalue weighted by Gasteiger charge is -2.49. The van der Waals surface area contributed by atoms with Crippen LogP contribution in [-0.4, -0.2) is 49.4 Å². The number of amides is 1. The molecule has 11 heteroatoms. The van der Waals surface area contributed by atoms with E-state index in [2.05, 4.69) is 19.9 Å². The maximum atomic E-state index is 13.7. The van der Waals surface area contributed by atoms with E-state index in [0.717, 1.165) is 36.6 Å². The van der Waals surface area contributed by atoms with E-state index in [1.54, 1.807) is 17.9 Å². The Kier molecular flexibility index (Phi) is 5.86. The molecule has 1 aliphatic carbocycles. The molecule has 5 heterocycles. The van der Waals surface area contributed by atoms with Crippen LogP contribution in [0, 0.1) is 18.7 Å². The number of carbonyl (C=O) groups excluding carboxylic acids is 1. The molecular formula is C24H21F4N5O2. The third-order valence-corrected chi connectivity index (χ3v) is 6.52. The molecule has 0 radical (unpaired) electrons. The lowest BCUT2D eigenvalue weighted by atomic mass is 9.77. The van der Waals surface area contributed by atoms with Gasteiger partial charge in [0.1, 0.15) is 11.8 Å². The van der Waals surface area contributed by atoms with Crippen molar-refractivity contribution >= 4 is 5.91 Å². The van der Waals surface area contributed by atoms with Gasteiger partial charge in [0.15, 0.2) is 11.6 Å². The molecule has 1 amide bonds. The van der Waals surface area contributed by atoms with Gasteiger partial charge in [0.05, 0.1) is 29.6 Å². The minimum absolute atomic E-state index is 0.0806. The highest BCUT2D eigenvalue weighted by Crippen LogP contribution is 2.39. The SMILES string of the molecule is Cc1ccnc(C(=O)N2C[C@H]3CC[C@H]2[C@H](Oc2ccc(C(F)(F)F)cn2)C3)c1-c1ncc(F)cn1. The van der Waals surface area contributed by atoms with Crippen molar-refractivity contribution in [1.29, 1.82) is 0 Å². The van der Waals surface area contributed by atoms with Gasteiger partial charge in [-0.1, -0.05) is 0 Å². The monoisotopic (exact) mass is 487 g/mol. The first-order chi connectivity index (χ1) is 16.7. The van der Waals surface area contributed by atoms with Crippen molar-refractivity contribution in [3.63, 3.8) is 0 Å². The van der Waals surface area contributed by atoms with E-state index in [4.69, 9.17) is 4.74 Å². The molecular weight excluding hydrogens is 466 g/mol. The molecule has 3 aromatic heterocycles. The van der Waals surface area contributed by atoms with E-state index < -0.39 is 23.7 Å². The number of alkyl halides is 3. The lowest BCUT2D eigenvalue weighted by Crippen LogP contribution is -2.59. The van der Waals surface area contributed by atoms with Crippen LogP contribution < -0.4 is 4.74 Å². The molecule has 0 N–H and O–H groups in total. The van der Waals surface area contributed by atoms with Crippen molar-refractivity contribution in [3.8, 4) is 17.3 Å². The highest BCUT2D eigenvalue weighted by molar-refractivity contribution is 5.99. The molecule has 35 heavy (non-hydrogen) atoms. The summed E-state index contributed by atoms with van der Waals surface area (Å²) in [5.74, 6) is -0.451. The van der Waals surface area contributed by atoms with Crippen LogP contribution in [0.15, 0.2) is 43.0 Å². The third kappa shape index (κ3) is 4.54. The molecule has 3 aromatic rings. The number of aromatic nitrogens is 4. The molecule has 0 unspecified atom stereocenters. The first kappa shape index (κ1) is 23.1. The average Bonchev–Trinajstić information content (AvgIpc) is 2.84. The third-order valence-electron chi connectivity index (χ3n) is 6.52. The molecule has 3 aliphatic rings. The molecule has 3 fully saturated rings. The van der Waals surface area contributed by atoms with Crippen LogP contribution in [0.2, 0.25) is 0 Å². The molecule has 2 aliphatic heterocycles. The second-order valence-corrected chi connectivity index (χ2v) is 8.82. The Labute approximate surface area is 198 Å². The summed E-state index contributed by atoms with van der Waals surface area (Å²) < 4.78 is 57.9. The molecule has 2 bridgehead atoms. The number of hydrogen-bond acceptors (Lipinski definition) is 6. The van der Waals surface area contributed by atoms with Crippen LogP contribution in [0.5, 0.6) is 5.88 Å². The number of nitrogens with zero attached hydrogens (tertiary/aromatic N) is 5. The zero-order valence-corrected chi connectivity index (χ0v) is 18.7. The van der Waals surface area contributed by atoms with Crippen molar-refractivity contribution in [2.24, 2.45) is 5.92 Å². The maximum Gasteiger partial charge on any atom is 0.417 e. The van der Waals surface area contributed by atoms with Gasteiger partial charge in [-0.2, -0.15) is 13.2 Å². The summed E-state index contributed by atoms with van der Waals surface area (Å²) in [6, 6.07) is 3.56. The molecule has 1 saturated carbocycles. The lowest BCUT2D eigenvalue weighted by molar-refractivity contribution is -0.137. The van der Waals surface area contributed by atoms with Crippen molar-refractivity contribution in [2.75, 3.05) is 6.54 Å². The molecule has 7 nitrogen and oxygen atoms in total. The maximum absolute atomic E-state index is 13.7. The largest absolute Gasteiger partial charge is 0.472 e. The van der Waals surface area contributed by atoms with Crippen LogP contribution in [0.1, 0.15) is 40.9 Å². The minimum atomic E-state index is -4.48. The molecule has 0 aromatic carbocycles. The predicted octanol–water partition coefficient (Wildman–Crippen LogP) is 4.47. The average molecular weight is 487 g/mol. The van der Waals surface area contributed by atoms with Gasteiger partial charge < -0.3 is 9.64 Å². The number of fused-ring (bicyclic) bond motifs is 3. The summed E-state index contributed by atoms with van der Waals surface area (Å²) in [6.07, 6.45) is 1.73. The summed E-state index contributed by atoms with van der Waals surface area (Å²) in [4.78, 5) is 31.6. The van der Waals surface area contributed by atoms with Crippen molar-refractivity contribution in [2.45, 2.75) is 44.5 Å². The minimum Gasteiger partial charge on any atom is -0.472 e. The van der Waals surface area contributed by atoms with Gasteiger partial charge in [0, 0.05) is 25.0 Å². The van der Waals surface area contributed by atoms with Gasteiger partial charge in [-0.05, 0) is 49.8 Å². The topological polar surface area (TPSA) is 81.1 Å². The quantitative estimate of drug-likeness (QED) is 0.505. The summed E-state index contributed by atoms with van der Waals surface area (Å²) in [6.45, 7) is 2.31. The van der Waals surface area contributed by atoms with Crippen LogP contribution in [0.25, 0.3) is 11.4 Å². The highest BCUT2D eigenvalue weighted by atomic mass is 19.4. The van der Waals surface area contributed by atoms with Crippen LogP contribution in [0.4, 0.5) is 17.6 Å². The Balaban J connectivity index is 1.41. The van der Waals surface area contributed by atoms with Gasteiger partial charge in [-0.25, -0.2) is 19.3 Å². The van der Waals surface area contributed by atoms with E-state index in [-0.39, 0.29) is 35.3 Å². The first-order valence-electron chi connectivity index (χ1n) is 11.1. The fourth-order valence-corrected chi connectivity index (χ4v) is 4.84. The summed E-state index contributed by atoms with van der Waals surface area (Å²) in [7, 11) is 0. The van der Waals surface area contributed by atoms with E-state index >= 15 is 0 Å². The molecule has 3 atom stereocenters. The summed E-state index contributed by atoms with van der Waals surface area (Å²) in [5.41, 5.74) is 0.461. The van der Waals surface area contributed by atoms with Crippen LogP contribution >= 0.6 is 0 Å². The number of aryl methyl sites for hydroxylation is 1. The molecule has 2 saturated heterocycles. The van der Waals surface area contributed by atoms with E-state index in [1.165, 1.54) is 12.3 Å². The smallest absolute Gasteiger partial charge is 0.417 e. The zero-order chi connectivity index (χ0) is 24.7. The summed E-state index contributed by atoms with van der Waals surface area (Å²) in [5, 5.41) is 0. The number of hydrogen-bond donors (Lipinski definition) is 0. The normalized spacial score (nSPS) is 21.7. The van der Waals surface area contributed by atoms with Crippen LogP contribution in [-0.2, 0) is 6.18 Å². The second-order valence-electron chi connectivity index (χ2n) is 8.82. The Morgan fingerprint density at radius 3 is 2.49 bits per heavy atom. The van der Waals surface area contributed by atoms with Gasteiger partial charge in [0.2, 0.25) is 5.88 Å². The van der Waals surface area contributed by atoms with Crippen molar-refractivity contribution in [3.05, 3.63) is 65.6 Å². The number of ether oxygens (including phenoxy) is 1. The van der Waals surface area contributed by atoms with Crippen molar-refractivity contribution < 1.29 is 27.1 Å². The Bertz CT molecular complexity index is 1230. The summed E-state index contributed by atoms with van der Waals surface area (Å²) >= 11 is 0. The number of rotatable bonds is 4. The first-order valence-corrected chi connectivity index (χ1v) is 11.1. The van der Waals surface area contributed by atoms with Gasteiger partial charge in [-0.15, -0.1) is 0 Å². The number of piperidine rings is 2. The molecule has 6 rings (SSSR count). The highest BCUT2D eigenvalue weighted by Gasteiger charge is 2.45. The Morgan fingerprint density at radius 1 is 1.06 bits per heavy atom. The van der Waals surface area contributed by atoms with Gasteiger partial charge in [0.25, 0.3) is 5.91 Å². The fraction of sp³-hybridized carbons (Fsp3) is 0.375. The standard InChI is InChI=1S/C24H21F4N5O2/c1-13-6-7-29-21(20(13)22-31-10-16(25)11-32-22)23(34)33-12-14-2-4-17(33)18(8-14)35-19-5-3-15(9-30-19)24(26,27)28/h3,5-7,9-11,14,17-18H,2,4,8,12H2,1H3/t14-,17-,18+/m0/s1. The second kappa shape index (κ2) is 8.86. The Morgan fingerprint density at radius 2 is 1.83 bits per heavy atom. The van der Waals surface area contributed by atoms with Crippen LogP contribution in [0.3, 0.4) is 0 Å². The Hall–Kier alpha value is -3.63. The number of pyridine rings is 2. The fourth-order valence-electron chi connectivity index (χ4n) is 4.84. The van der Waals surface area contributed by atoms with E-state index in [9.17, 15) is 22.4 Å². The van der Waals surface area contributed by atoms with Gasteiger partial charge >= 0.3 is 6.18 Å². The molecule has 182 valence electrons. The van der Waals surface area contributed by atoms with Gasteiger partial charge in [-0.3, -0.25) is 9.78 Å².